The molecular weight excluding hydrogens is 707 g/mol. The van der Waals surface area contributed by atoms with Gasteiger partial charge >= 0.3 is 15.6 Å². The van der Waals surface area contributed by atoms with E-state index in [4.69, 9.17) is 32.2 Å². The van der Waals surface area contributed by atoms with Crippen LogP contribution in [0.4, 0.5) is 11.4 Å². The SMILES string of the molecule is O=C(CNCC(=O)N1C[C@@H](CCl)c2c1cc(OP(=O)(O)O)c1ccccc21)N1CC(/C=C/Cl)c2c1cc(OP(=O)(O)O)c1ccccc21. The van der Waals surface area contributed by atoms with Crippen molar-refractivity contribution in [3.63, 3.8) is 0 Å². The van der Waals surface area contributed by atoms with Gasteiger partial charge < -0.3 is 18.8 Å². The van der Waals surface area contributed by atoms with Gasteiger partial charge in [-0.1, -0.05) is 66.2 Å². The molecule has 0 saturated carbocycles. The third-order valence-electron chi connectivity index (χ3n) is 8.28. The molecule has 6 rings (SSSR count). The fraction of sp³-hybridized carbons (Fsp3) is 0.226. The van der Waals surface area contributed by atoms with Crippen molar-refractivity contribution in [2.24, 2.45) is 0 Å². The number of nitrogens with one attached hydrogen (secondary N) is 1. The monoisotopic (exact) mass is 735 g/mol. The fourth-order valence-corrected chi connectivity index (χ4v) is 7.72. The number of alkyl halides is 1. The zero-order chi connectivity index (χ0) is 34.4. The molecule has 2 atom stereocenters. The summed E-state index contributed by atoms with van der Waals surface area (Å²) in [7, 11) is -9.86. The van der Waals surface area contributed by atoms with Gasteiger partial charge in [0.15, 0.2) is 0 Å². The molecule has 0 aromatic heterocycles. The van der Waals surface area contributed by atoms with Gasteiger partial charge in [-0.2, -0.15) is 0 Å². The molecule has 252 valence electrons. The molecule has 0 aliphatic carbocycles. The zero-order valence-corrected chi connectivity index (χ0v) is 28.2. The van der Waals surface area contributed by atoms with Crippen LogP contribution in [-0.2, 0) is 18.7 Å². The first-order valence-electron chi connectivity index (χ1n) is 14.6. The van der Waals surface area contributed by atoms with E-state index in [1.807, 2.05) is 0 Å². The molecule has 4 aromatic carbocycles. The molecule has 17 heteroatoms. The largest absolute Gasteiger partial charge is 0.524 e. The van der Waals surface area contributed by atoms with Gasteiger partial charge in [-0.05, 0) is 21.9 Å². The van der Waals surface area contributed by atoms with Gasteiger partial charge in [0.05, 0.1) is 24.5 Å². The second-order valence-electron chi connectivity index (χ2n) is 11.3. The molecule has 0 spiro atoms. The Morgan fingerprint density at radius 3 is 1.73 bits per heavy atom. The van der Waals surface area contributed by atoms with Gasteiger partial charge in [0.25, 0.3) is 0 Å². The first kappa shape index (κ1) is 34.4. The Bertz CT molecular complexity index is 2070. The maximum Gasteiger partial charge on any atom is 0.524 e. The smallest absolute Gasteiger partial charge is 0.404 e. The molecule has 2 amide bonds. The fourth-order valence-electron chi connectivity index (χ4n) is 6.48. The summed E-state index contributed by atoms with van der Waals surface area (Å²) >= 11 is 12.2. The van der Waals surface area contributed by atoms with Crippen LogP contribution in [0.1, 0.15) is 23.0 Å². The Labute approximate surface area is 284 Å². The maximum absolute atomic E-state index is 13.6. The lowest BCUT2D eigenvalue weighted by Gasteiger charge is -2.21. The van der Waals surface area contributed by atoms with Crippen LogP contribution in [0.2, 0.25) is 0 Å². The number of fused-ring (bicyclic) bond motifs is 6. The van der Waals surface area contributed by atoms with Crippen molar-refractivity contribution in [1.29, 1.82) is 0 Å². The molecular formula is C31H29Cl2N3O10P2. The molecule has 5 N–H and O–H groups in total. The van der Waals surface area contributed by atoms with E-state index in [9.17, 15) is 38.3 Å². The first-order chi connectivity index (χ1) is 22.8. The second kappa shape index (κ2) is 13.4. The van der Waals surface area contributed by atoms with Crippen molar-refractivity contribution in [2.45, 2.75) is 11.8 Å². The third-order valence-corrected chi connectivity index (χ3v) is 9.66. The average Bonchev–Trinajstić information content (AvgIpc) is 3.58. The van der Waals surface area contributed by atoms with Crippen LogP contribution in [0, 0.1) is 0 Å². The quantitative estimate of drug-likeness (QED) is 0.108. The normalized spacial score (nSPS) is 17.7. The van der Waals surface area contributed by atoms with Gasteiger partial charge in [0.1, 0.15) is 11.5 Å². The van der Waals surface area contributed by atoms with E-state index in [0.717, 1.165) is 11.1 Å². The Kier molecular flexibility index (Phi) is 9.63. The molecule has 0 bridgehead atoms. The topological polar surface area (TPSA) is 186 Å². The summed E-state index contributed by atoms with van der Waals surface area (Å²) in [5, 5.41) is 5.08. The number of phosphoric acid groups is 2. The number of carbonyl (C=O) groups is 2. The maximum atomic E-state index is 13.6. The van der Waals surface area contributed by atoms with E-state index < -0.39 is 27.5 Å². The van der Waals surface area contributed by atoms with Crippen LogP contribution in [-0.4, -0.2) is 63.4 Å². The number of phosphoric ester groups is 2. The van der Waals surface area contributed by atoms with Crippen LogP contribution in [0.3, 0.4) is 0 Å². The number of hydrogen-bond donors (Lipinski definition) is 5. The highest BCUT2D eigenvalue weighted by Crippen LogP contribution is 2.50. The minimum atomic E-state index is -4.93. The van der Waals surface area contributed by atoms with Gasteiger partial charge in [0.2, 0.25) is 11.8 Å². The van der Waals surface area contributed by atoms with E-state index in [0.29, 0.717) is 32.9 Å². The number of carbonyl (C=O) groups excluding carboxylic acids is 2. The standard InChI is InChI=1S/C31H29Cl2N3O10P2/c32-10-9-18-16-35(24-11-26(45-47(39,40)41)20-5-1-3-7-22(20)30(18)24)28(37)14-34-15-29(38)36-17-19(13-33)31-23-8-4-2-6-21(23)27(12-25(31)36)46-48(42,43)44/h1-12,18-19,34H,13-17H2,(H2,39,40,41)(H2,42,43,44)/b10-9+/t18?,19-/m1/s1. The van der Waals surface area contributed by atoms with E-state index in [1.165, 1.54) is 27.5 Å². The van der Waals surface area contributed by atoms with Crippen LogP contribution in [0.25, 0.3) is 21.5 Å². The lowest BCUT2D eigenvalue weighted by Crippen LogP contribution is -2.42. The number of rotatable bonds is 10. The average molecular weight is 736 g/mol. The summed E-state index contributed by atoms with van der Waals surface area (Å²) in [6.45, 7) is -0.147. The van der Waals surface area contributed by atoms with Crippen molar-refractivity contribution >= 4 is 83.6 Å². The van der Waals surface area contributed by atoms with E-state index >= 15 is 0 Å². The number of nitrogens with zero attached hydrogens (tertiary/aromatic N) is 2. The Morgan fingerprint density at radius 1 is 0.792 bits per heavy atom. The van der Waals surface area contributed by atoms with Crippen molar-refractivity contribution in [3.8, 4) is 11.5 Å². The highest BCUT2D eigenvalue weighted by atomic mass is 35.5. The highest BCUT2D eigenvalue weighted by Gasteiger charge is 2.37. The Hall–Kier alpha value is -3.48. The Morgan fingerprint density at radius 2 is 1.25 bits per heavy atom. The Balaban J connectivity index is 1.24. The summed E-state index contributed by atoms with van der Waals surface area (Å²) in [5.74, 6) is -1.43. The van der Waals surface area contributed by atoms with Gasteiger partial charge in [-0.3, -0.25) is 34.5 Å². The number of benzene rings is 4. The van der Waals surface area contributed by atoms with Crippen LogP contribution in [0.15, 0.2) is 72.3 Å². The predicted molar refractivity (Wildman–Crippen MR) is 182 cm³/mol. The van der Waals surface area contributed by atoms with E-state index in [-0.39, 0.29) is 55.4 Å². The number of hydrogen-bond acceptors (Lipinski definition) is 7. The molecule has 2 heterocycles. The second-order valence-corrected chi connectivity index (χ2v) is 14.1. The first-order valence-corrected chi connectivity index (χ1v) is 18.6. The third kappa shape index (κ3) is 6.84. The van der Waals surface area contributed by atoms with Crippen molar-refractivity contribution in [2.75, 3.05) is 41.9 Å². The molecule has 1 unspecified atom stereocenters. The van der Waals surface area contributed by atoms with Gasteiger partial charge in [0, 0.05) is 59.2 Å². The van der Waals surface area contributed by atoms with Crippen molar-refractivity contribution in [3.05, 3.63) is 83.4 Å². The molecule has 48 heavy (non-hydrogen) atoms. The van der Waals surface area contributed by atoms with E-state index in [1.54, 1.807) is 54.6 Å². The molecule has 13 nitrogen and oxygen atoms in total. The van der Waals surface area contributed by atoms with Crippen LogP contribution in [0.5, 0.6) is 11.5 Å². The minimum Gasteiger partial charge on any atom is -0.404 e. The molecule has 4 aromatic rings. The number of halogens is 2. The molecule has 0 fully saturated rings. The lowest BCUT2D eigenvalue weighted by molar-refractivity contribution is -0.118. The van der Waals surface area contributed by atoms with Gasteiger partial charge in [-0.15, -0.1) is 11.6 Å². The minimum absolute atomic E-state index is 0.0864. The summed E-state index contributed by atoms with van der Waals surface area (Å²) in [6, 6.07) is 16.6. The molecule has 2 aliphatic rings. The van der Waals surface area contributed by atoms with Crippen LogP contribution < -0.4 is 24.2 Å². The van der Waals surface area contributed by atoms with Gasteiger partial charge in [-0.25, -0.2) is 9.13 Å². The number of amides is 2. The lowest BCUT2D eigenvalue weighted by atomic mass is 9.94. The highest BCUT2D eigenvalue weighted by molar-refractivity contribution is 7.47. The van der Waals surface area contributed by atoms with Crippen LogP contribution >= 0.6 is 38.8 Å². The molecule has 2 aliphatic heterocycles. The summed E-state index contributed by atoms with van der Waals surface area (Å²) in [5.41, 5.74) is 3.60. The summed E-state index contributed by atoms with van der Waals surface area (Å²) in [6.07, 6.45) is 1.72. The van der Waals surface area contributed by atoms with Crippen molar-refractivity contribution in [1.82, 2.24) is 5.32 Å². The number of anilines is 2. The zero-order valence-electron chi connectivity index (χ0n) is 24.9. The molecule has 0 saturated heterocycles. The van der Waals surface area contributed by atoms with E-state index in [2.05, 4.69) is 5.32 Å². The molecule has 0 radical (unpaired) electrons. The summed E-state index contributed by atoms with van der Waals surface area (Å²) < 4.78 is 33.5. The summed E-state index contributed by atoms with van der Waals surface area (Å²) in [4.78, 5) is 68.2. The predicted octanol–water partition coefficient (Wildman–Crippen LogP) is 5.08. The van der Waals surface area contributed by atoms with Crippen molar-refractivity contribution < 1.29 is 47.3 Å².